The Morgan fingerprint density at radius 1 is 0.762 bits per heavy atom. The molecule has 21 heavy (non-hydrogen) atoms. The van der Waals surface area contributed by atoms with Gasteiger partial charge in [0.15, 0.2) is 0 Å². The molecule has 0 N–H and O–H groups in total. The highest BCUT2D eigenvalue weighted by Crippen LogP contribution is 2.31. The van der Waals surface area contributed by atoms with E-state index in [1.165, 1.54) is 34.2 Å². The third-order valence-electron chi connectivity index (χ3n) is 3.72. The van der Waals surface area contributed by atoms with Gasteiger partial charge >= 0.3 is 0 Å². The monoisotopic (exact) mass is 276 g/mol. The van der Waals surface area contributed by atoms with Gasteiger partial charge in [0.05, 0.1) is 0 Å². The Morgan fingerprint density at radius 2 is 1.48 bits per heavy atom. The second-order valence-electron chi connectivity index (χ2n) is 4.98. The fraction of sp³-hybridized carbons (Fsp3) is 0.238. The third kappa shape index (κ3) is 3.52. The van der Waals surface area contributed by atoms with Crippen molar-refractivity contribution in [1.82, 2.24) is 0 Å². The molecule has 1 aliphatic carbocycles. The number of allylic oxidation sites excluding steroid dienone is 4. The number of rotatable bonds is 2. The molecule has 0 aromatic heterocycles. The van der Waals surface area contributed by atoms with E-state index in [9.17, 15) is 0 Å². The molecule has 0 aliphatic heterocycles. The van der Waals surface area contributed by atoms with Gasteiger partial charge in [0.1, 0.15) is 0 Å². The van der Waals surface area contributed by atoms with Crippen LogP contribution >= 0.6 is 0 Å². The van der Waals surface area contributed by atoms with Crippen LogP contribution in [0, 0.1) is 6.92 Å². The summed E-state index contributed by atoms with van der Waals surface area (Å²) in [5, 5.41) is 0. The molecule has 0 heteroatoms. The Hall–Kier alpha value is -2.08. The fourth-order valence-corrected chi connectivity index (χ4v) is 2.69. The highest BCUT2D eigenvalue weighted by molar-refractivity contribution is 5.81. The smallest absolute Gasteiger partial charge is 0.0149 e. The van der Waals surface area contributed by atoms with E-state index in [2.05, 4.69) is 73.7 Å². The van der Waals surface area contributed by atoms with Gasteiger partial charge in [-0.15, -0.1) is 0 Å². The SMILES string of the molecule is CC.Cc1c(C2=CCCC=C2)cccc1-c1ccccc1. The van der Waals surface area contributed by atoms with Crippen LogP contribution in [0.25, 0.3) is 16.7 Å². The molecule has 0 atom stereocenters. The van der Waals surface area contributed by atoms with E-state index in [4.69, 9.17) is 0 Å². The molecule has 0 unspecified atom stereocenters. The van der Waals surface area contributed by atoms with E-state index in [1.807, 2.05) is 13.8 Å². The fourth-order valence-electron chi connectivity index (χ4n) is 2.69. The highest BCUT2D eigenvalue weighted by atomic mass is 14.1. The molecule has 3 rings (SSSR count). The van der Waals surface area contributed by atoms with Crippen LogP contribution in [-0.4, -0.2) is 0 Å². The Bertz CT molecular complexity index is 630. The summed E-state index contributed by atoms with van der Waals surface area (Å²) in [4.78, 5) is 0. The highest BCUT2D eigenvalue weighted by Gasteiger charge is 2.09. The first-order chi connectivity index (χ1) is 10.4. The second-order valence-corrected chi connectivity index (χ2v) is 4.98. The lowest BCUT2D eigenvalue weighted by Crippen LogP contribution is -1.92. The van der Waals surface area contributed by atoms with Crippen LogP contribution < -0.4 is 0 Å². The van der Waals surface area contributed by atoms with Crippen molar-refractivity contribution in [3.05, 3.63) is 77.9 Å². The second kappa shape index (κ2) is 7.64. The summed E-state index contributed by atoms with van der Waals surface area (Å²) in [6, 6.07) is 17.2. The quantitative estimate of drug-likeness (QED) is 0.593. The molecule has 1 aliphatic rings. The third-order valence-corrected chi connectivity index (χ3v) is 3.72. The summed E-state index contributed by atoms with van der Waals surface area (Å²) in [6.07, 6.45) is 9.18. The van der Waals surface area contributed by atoms with Crippen LogP contribution in [-0.2, 0) is 0 Å². The van der Waals surface area contributed by atoms with Crippen molar-refractivity contribution in [3.63, 3.8) is 0 Å². The minimum atomic E-state index is 1.15. The van der Waals surface area contributed by atoms with E-state index in [0.717, 1.165) is 6.42 Å². The molecule has 0 nitrogen and oxygen atoms in total. The van der Waals surface area contributed by atoms with Gasteiger partial charge in [-0.2, -0.15) is 0 Å². The maximum Gasteiger partial charge on any atom is -0.0149 e. The van der Waals surface area contributed by atoms with E-state index in [0.29, 0.717) is 0 Å². The van der Waals surface area contributed by atoms with Crippen molar-refractivity contribution in [2.45, 2.75) is 33.6 Å². The molecule has 2 aromatic carbocycles. The van der Waals surface area contributed by atoms with Gasteiger partial charge in [0.2, 0.25) is 0 Å². The number of benzene rings is 2. The first kappa shape index (κ1) is 15.3. The largest absolute Gasteiger partial charge is 0.0836 e. The van der Waals surface area contributed by atoms with E-state index >= 15 is 0 Å². The average Bonchev–Trinajstić information content (AvgIpc) is 2.58. The Morgan fingerprint density at radius 3 is 2.14 bits per heavy atom. The Balaban J connectivity index is 0.000000774. The lowest BCUT2D eigenvalue weighted by atomic mass is 9.91. The van der Waals surface area contributed by atoms with Crippen molar-refractivity contribution in [2.24, 2.45) is 0 Å². The first-order valence-corrected chi connectivity index (χ1v) is 7.88. The normalized spacial score (nSPS) is 13.2. The number of hydrogen-bond donors (Lipinski definition) is 0. The van der Waals surface area contributed by atoms with Crippen LogP contribution in [0.3, 0.4) is 0 Å². The van der Waals surface area contributed by atoms with Crippen molar-refractivity contribution in [2.75, 3.05) is 0 Å². The molecule has 0 saturated heterocycles. The lowest BCUT2D eigenvalue weighted by molar-refractivity contribution is 1.04. The van der Waals surface area contributed by atoms with Gasteiger partial charge < -0.3 is 0 Å². The molecule has 0 heterocycles. The first-order valence-electron chi connectivity index (χ1n) is 7.88. The summed E-state index contributed by atoms with van der Waals surface area (Å²) in [7, 11) is 0. The van der Waals surface area contributed by atoms with Crippen LogP contribution in [0.5, 0.6) is 0 Å². The molecule has 0 radical (unpaired) electrons. The van der Waals surface area contributed by atoms with E-state index < -0.39 is 0 Å². The topological polar surface area (TPSA) is 0 Å². The Labute approximate surface area is 128 Å². The van der Waals surface area contributed by atoms with Crippen molar-refractivity contribution in [3.8, 4) is 11.1 Å². The summed E-state index contributed by atoms with van der Waals surface area (Å²) in [6.45, 7) is 6.22. The van der Waals surface area contributed by atoms with Gasteiger partial charge in [0, 0.05) is 0 Å². The number of hydrogen-bond acceptors (Lipinski definition) is 0. The van der Waals surface area contributed by atoms with E-state index in [1.54, 1.807) is 0 Å². The maximum absolute atomic E-state index is 2.34. The molecule has 0 saturated carbocycles. The molecule has 0 fully saturated rings. The van der Waals surface area contributed by atoms with Crippen molar-refractivity contribution >= 4 is 5.57 Å². The lowest BCUT2D eigenvalue weighted by Gasteiger charge is -2.14. The molecular weight excluding hydrogens is 252 g/mol. The van der Waals surface area contributed by atoms with Crippen LogP contribution in [0.2, 0.25) is 0 Å². The van der Waals surface area contributed by atoms with Crippen LogP contribution in [0.1, 0.15) is 37.8 Å². The van der Waals surface area contributed by atoms with Gasteiger partial charge in [0.25, 0.3) is 0 Å². The van der Waals surface area contributed by atoms with Gasteiger partial charge in [-0.25, -0.2) is 0 Å². The molecule has 108 valence electrons. The average molecular weight is 276 g/mol. The predicted molar refractivity (Wildman–Crippen MR) is 94.3 cm³/mol. The molecule has 0 amide bonds. The summed E-state index contributed by atoms with van der Waals surface area (Å²) >= 11 is 0. The van der Waals surface area contributed by atoms with Gasteiger partial charge in [-0.05, 0) is 47.6 Å². The summed E-state index contributed by atoms with van der Waals surface area (Å²) in [5.41, 5.74) is 6.71. The molecule has 2 aromatic rings. The molecular formula is C21H24. The minimum Gasteiger partial charge on any atom is -0.0836 e. The van der Waals surface area contributed by atoms with Gasteiger partial charge in [-0.1, -0.05) is 80.6 Å². The van der Waals surface area contributed by atoms with Crippen molar-refractivity contribution < 1.29 is 0 Å². The van der Waals surface area contributed by atoms with E-state index in [-0.39, 0.29) is 0 Å². The summed E-state index contributed by atoms with van der Waals surface area (Å²) in [5.74, 6) is 0. The molecule has 0 spiro atoms. The molecule has 0 bridgehead atoms. The van der Waals surface area contributed by atoms with Crippen LogP contribution in [0.15, 0.2) is 66.8 Å². The van der Waals surface area contributed by atoms with Crippen molar-refractivity contribution in [1.29, 1.82) is 0 Å². The maximum atomic E-state index is 2.34. The standard InChI is InChI=1S/C19H18.C2H6/c1-15-18(16-9-4-2-5-10-16)13-8-14-19(15)17-11-6-3-7-12-17;1-2/h2,4-6,8-14H,3,7H2,1H3;1-2H3. The zero-order valence-electron chi connectivity index (χ0n) is 13.3. The zero-order chi connectivity index (χ0) is 15.1. The predicted octanol–water partition coefficient (Wildman–Crippen LogP) is 6.42. The minimum absolute atomic E-state index is 1.15. The zero-order valence-corrected chi connectivity index (χ0v) is 13.3. The summed E-state index contributed by atoms with van der Waals surface area (Å²) < 4.78 is 0. The Kier molecular flexibility index (Phi) is 5.57. The van der Waals surface area contributed by atoms with Gasteiger partial charge in [-0.3, -0.25) is 0 Å². The van der Waals surface area contributed by atoms with Crippen LogP contribution in [0.4, 0.5) is 0 Å².